The third-order valence-corrected chi connectivity index (χ3v) is 4.15. The van der Waals surface area contributed by atoms with E-state index in [9.17, 15) is 9.90 Å². The van der Waals surface area contributed by atoms with Gasteiger partial charge in [0.05, 0.1) is 0 Å². The summed E-state index contributed by atoms with van der Waals surface area (Å²) in [5.41, 5.74) is 9.81. The first kappa shape index (κ1) is 29.1. The fraction of sp³-hybridized carbons (Fsp3) is 0.950. The van der Waals surface area contributed by atoms with Crippen molar-refractivity contribution in [2.24, 2.45) is 11.5 Å². The quantitative estimate of drug-likeness (QED) is 0.334. The van der Waals surface area contributed by atoms with Crippen molar-refractivity contribution in [1.82, 2.24) is 6.15 Å². The standard InChI is InChI=1S/C18H36O2.C2H8N2.H3N/c1-2-3-4-5-6-7-8-9-10-11-12-13-14-15-16-17-18(19)20;3-1-2-4;/h2-17H2,1H3,(H,19,20);1-4H2;1H3. The van der Waals surface area contributed by atoms with Gasteiger partial charge < -0.3 is 27.5 Å². The van der Waals surface area contributed by atoms with Crippen LogP contribution in [-0.4, -0.2) is 19.1 Å². The maximum atomic E-state index is 10.2. The number of carboxylic acids is 1. The van der Waals surface area contributed by atoms with Crippen LogP contribution in [0, 0.1) is 0 Å². The van der Waals surface area contributed by atoms with Crippen LogP contribution >= 0.6 is 0 Å². The van der Waals surface area contributed by atoms with Crippen molar-refractivity contribution in [3.8, 4) is 0 Å². The van der Waals surface area contributed by atoms with Crippen LogP contribution in [0.4, 0.5) is 0 Å². The van der Waals surface area contributed by atoms with E-state index in [2.05, 4.69) is 6.92 Å². The molecule has 25 heavy (non-hydrogen) atoms. The largest absolute Gasteiger partial charge is 0.550 e. The second-order valence-corrected chi connectivity index (χ2v) is 6.65. The monoisotopic (exact) mass is 361 g/mol. The van der Waals surface area contributed by atoms with Gasteiger partial charge in [-0.1, -0.05) is 96.8 Å². The number of carbonyl (C=O) groups excluding carboxylic acids is 1. The van der Waals surface area contributed by atoms with Crippen LogP contribution in [-0.2, 0) is 4.79 Å². The summed E-state index contributed by atoms with van der Waals surface area (Å²) in [4.78, 5) is 10.2. The van der Waals surface area contributed by atoms with Crippen molar-refractivity contribution in [3.63, 3.8) is 0 Å². The molecule has 8 N–H and O–H groups in total. The molecule has 154 valence electrons. The molecule has 0 amide bonds. The van der Waals surface area contributed by atoms with E-state index < -0.39 is 5.97 Å². The predicted molar refractivity (Wildman–Crippen MR) is 109 cm³/mol. The van der Waals surface area contributed by atoms with Gasteiger partial charge in [0, 0.05) is 19.1 Å². The van der Waals surface area contributed by atoms with Crippen LogP contribution in [0.25, 0.3) is 0 Å². The van der Waals surface area contributed by atoms with Crippen molar-refractivity contribution in [2.45, 2.75) is 110 Å². The first-order valence-electron chi connectivity index (χ1n) is 10.3. The molecule has 0 unspecified atom stereocenters. The number of aliphatic carboxylic acids is 1. The first-order chi connectivity index (χ1) is 11.7. The van der Waals surface area contributed by atoms with Crippen molar-refractivity contribution >= 4 is 5.97 Å². The van der Waals surface area contributed by atoms with E-state index in [1.54, 1.807) is 0 Å². The normalized spacial score (nSPS) is 9.88. The molecule has 0 saturated heterocycles. The molecular formula is C20H47N3O2. The lowest BCUT2D eigenvalue weighted by Gasteiger charge is -2.04. The SMILES string of the molecule is CCCCCCCCCCCCCCCCCC(=O)[O-].NCCN.[NH4+]. The molecule has 0 saturated carbocycles. The molecule has 0 radical (unpaired) electrons. The summed E-state index contributed by atoms with van der Waals surface area (Å²) in [6.07, 6.45) is 19.9. The highest BCUT2D eigenvalue weighted by molar-refractivity contribution is 5.63. The maximum Gasteiger partial charge on any atom is 0.0414 e. The highest BCUT2D eigenvalue weighted by Crippen LogP contribution is 2.13. The van der Waals surface area contributed by atoms with Crippen molar-refractivity contribution in [1.29, 1.82) is 0 Å². The summed E-state index contributed by atoms with van der Waals surface area (Å²) in [7, 11) is 0. The summed E-state index contributed by atoms with van der Waals surface area (Å²) in [6.45, 7) is 3.46. The highest BCUT2D eigenvalue weighted by atomic mass is 16.4. The summed E-state index contributed by atoms with van der Waals surface area (Å²) >= 11 is 0. The average molecular weight is 362 g/mol. The number of quaternary nitrogens is 1. The number of carboxylic acid groups (broad SMARTS) is 1. The molecule has 0 aromatic heterocycles. The molecule has 0 spiro atoms. The molecule has 5 nitrogen and oxygen atoms in total. The summed E-state index contributed by atoms with van der Waals surface area (Å²) in [5.74, 6) is -0.903. The van der Waals surface area contributed by atoms with Gasteiger partial charge >= 0.3 is 0 Å². The Balaban J connectivity index is -0.000000867. The second kappa shape index (κ2) is 28.2. The van der Waals surface area contributed by atoms with E-state index in [0.29, 0.717) is 13.1 Å². The van der Waals surface area contributed by atoms with Crippen molar-refractivity contribution < 1.29 is 9.90 Å². The van der Waals surface area contributed by atoms with E-state index >= 15 is 0 Å². The number of nitrogens with two attached hydrogens (primary N) is 2. The molecule has 0 rings (SSSR count). The minimum absolute atomic E-state index is 0. The summed E-state index contributed by atoms with van der Waals surface area (Å²) < 4.78 is 0. The Morgan fingerprint density at radius 3 is 1.16 bits per heavy atom. The fourth-order valence-corrected chi connectivity index (χ4v) is 2.64. The molecule has 0 aromatic rings. The lowest BCUT2D eigenvalue weighted by Crippen LogP contribution is -2.21. The average Bonchev–Trinajstić information content (AvgIpc) is 2.58. The van der Waals surface area contributed by atoms with Gasteiger partial charge in [-0.15, -0.1) is 0 Å². The molecule has 0 aromatic carbocycles. The molecule has 0 heterocycles. The van der Waals surface area contributed by atoms with Gasteiger partial charge in [-0.25, -0.2) is 0 Å². The zero-order chi connectivity index (χ0) is 18.3. The Hall–Kier alpha value is -0.650. The van der Waals surface area contributed by atoms with Gasteiger partial charge in [0.25, 0.3) is 0 Å². The van der Waals surface area contributed by atoms with E-state index in [1.165, 1.54) is 83.5 Å². The predicted octanol–water partition coefficient (Wildman–Crippen LogP) is 4.28. The third-order valence-electron chi connectivity index (χ3n) is 4.15. The van der Waals surface area contributed by atoms with Crippen LogP contribution in [0.2, 0.25) is 0 Å². The summed E-state index contributed by atoms with van der Waals surface area (Å²) in [5, 5.41) is 10.2. The Morgan fingerprint density at radius 1 is 0.640 bits per heavy atom. The van der Waals surface area contributed by atoms with Crippen LogP contribution in [0.1, 0.15) is 110 Å². The number of rotatable bonds is 17. The zero-order valence-corrected chi connectivity index (χ0v) is 17.2. The molecule has 5 heteroatoms. The molecular weight excluding hydrogens is 314 g/mol. The number of hydrogen-bond acceptors (Lipinski definition) is 4. The highest BCUT2D eigenvalue weighted by Gasteiger charge is 1.94. The smallest absolute Gasteiger partial charge is 0.0414 e. The number of hydrogen-bond donors (Lipinski definition) is 3. The van der Waals surface area contributed by atoms with E-state index in [4.69, 9.17) is 11.5 Å². The van der Waals surface area contributed by atoms with Gasteiger partial charge in [-0.2, -0.15) is 0 Å². The second-order valence-electron chi connectivity index (χ2n) is 6.65. The van der Waals surface area contributed by atoms with E-state index in [1.807, 2.05) is 0 Å². The Morgan fingerprint density at radius 2 is 0.920 bits per heavy atom. The maximum absolute atomic E-state index is 10.2. The lowest BCUT2D eigenvalue weighted by molar-refractivity contribution is -0.305. The first-order valence-corrected chi connectivity index (χ1v) is 10.3. The zero-order valence-electron chi connectivity index (χ0n) is 17.2. The molecule has 0 aliphatic heterocycles. The van der Waals surface area contributed by atoms with Crippen LogP contribution in [0.15, 0.2) is 0 Å². The Kier molecular flexibility index (Phi) is 32.8. The van der Waals surface area contributed by atoms with Crippen LogP contribution < -0.4 is 22.7 Å². The Bertz CT molecular complexity index is 237. The minimum atomic E-state index is -0.903. The minimum Gasteiger partial charge on any atom is -0.550 e. The van der Waals surface area contributed by atoms with Gasteiger partial charge in [-0.3, -0.25) is 0 Å². The molecule has 0 atom stereocenters. The summed E-state index contributed by atoms with van der Waals surface area (Å²) in [6, 6.07) is 0. The van der Waals surface area contributed by atoms with Gasteiger partial charge in [0.2, 0.25) is 0 Å². The van der Waals surface area contributed by atoms with Crippen molar-refractivity contribution in [3.05, 3.63) is 0 Å². The molecule has 0 aliphatic carbocycles. The van der Waals surface area contributed by atoms with Crippen LogP contribution in [0.3, 0.4) is 0 Å². The fourth-order valence-electron chi connectivity index (χ4n) is 2.64. The molecule has 0 fully saturated rings. The molecule has 0 aliphatic rings. The third kappa shape index (κ3) is 35.4. The van der Waals surface area contributed by atoms with Gasteiger partial charge in [-0.05, 0) is 12.8 Å². The van der Waals surface area contributed by atoms with E-state index in [0.717, 1.165) is 12.8 Å². The topological polar surface area (TPSA) is 129 Å². The van der Waals surface area contributed by atoms with Gasteiger partial charge in [0.15, 0.2) is 0 Å². The number of unbranched alkanes of at least 4 members (excludes halogenated alkanes) is 14. The van der Waals surface area contributed by atoms with E-state index in [-0.39, 0.29) is 12.6 Å². The lowest BCUT2D eigenvalue weighted by atomic mass is 10.0. The Labute approximate surface area is 156 Å². The number of carbonyl (C=O) groups is 1. The van der Waals surface area contributed by atoms with Crippen LogP contribution in [0.5, 0.6) is 0 Å². The van der Waals surface area contributed by atoms with Crippen molar-refractivity contribution in [2.75, 3.05) is 13.1 Å². The molecule has 0 bridgehead atoms. The van der Waals surface area contributed by atoms with Gasteiger partial charge in [0.1, 0.15) is 0 Å².